The van der Waals surface area contributed by atoms with Crippen LogP contribution in [0.2, 0.25) is 0 Å². The first-order valence-corrected chi connectivity index (χ1v) is 21.4. The first kappa shape index (κ1) is 37.0. The van der Waals surface area contributed by atoms with E-state index in [1.54, 1.807) is 0 Å². The Bertz CT molecular complexity index is 3740. The van der Waals surface area contributed by atoms with E-state index in [4.69, 9.17) is 24.4 Å². The van der Waals surface area contributed by atoms with Gasteiger partial charge in [0.2, 0.25) is 0 Å². The highest BCUT2D eigenvalue weighted by Gasteiger charge is 2.15. The van der Waals surface area contributed by atoms with Crippen molar-refractivity contribution in [1.82, 2.24) is 15.0 Å². The van der Waals surface area contributed by atoms with Gasteiger partial charge < -0.3 is 4.42 Å². The molecule has 1 aliphatic rings. The molecule has 0 saturated heterocycles. The maximum absolute atomic E-state index is 6.31. The Morgan fingerprint density at radius 1 is 0.344 bits per heavy atom. The van der Waals surface area contributed by atoms with E-state index in [1.807, 2.05) is 60.7 Å². The number of hydrogen-bond donors (Lipinski definition) is 0. The van der Waals surface area contributed by atoms with Crippen LogP contribution in [-0.4, -0.2) is 15.0 Å². The number of rotatable bonds is 7. The Kier molecular flexibility index (Phi) is 9.03. The summed E-state index contributed by atoms with van der Waals surface area (Å²) >= 11 is 0. The van der Waals surface area contributed by atoms with Gasteiger partial charge in [-0.2, -0.15) is 0 Å². The Labute approximate surface area is 369 Å². The van der Waals surface area contributed by atoms with Gasteiger partial charge in [0.05, 0.1) is 16.3 Å². The van der Waals surface area contributed by atoms with Crippen LogP contribution >= 0.6 is 0 Å². The summed E-state index contributed by atoms with van der Waals surface area (Å²) in [6.45, 7) is 0. The Morgan fingerprint density at radius 2 is 0.797 bits per heavy atom. The molecule has 0 radical (unpaired) electrons. The molecule has 9 aromatic carbocycles. The van der Waals surface area contributed by atoms with E-state index in [0.29, 0.717) is 17.5 Å². The number of aromatic nitrogens is 3. The Hall–Kier alpha value is -8.76. The molecular formula is C59H36N4O. The molecular weight excluding hydrogens is 781 g/mol. The minimum Gasteiger partial charge on any atom is -0.455 e. The number of nitrogens with zero attached hydrogens (tertiary/aromatic N) is 4. The molecule has 298 valence electrons. The van der Waals surface area contributed by atoms with E-state index in [1.165, 1.54) is 5.56 Å². The average molecular weight is 817 g/mol. The molecule has 0 aliphatic carbocycles. The van der Waals surface area contributed by atoms with Crippen molar-refractivity contribution in [3.8, 4) is 78.7 Å². The molecule has 0 amide bonds. The molecule has 0 N–H and O–H groups in total. The summed E-state index contributed by atoms with van der Waals surface area (Å²) in [5, 5.41) is 3.90. The third-order valence-corrected chi connectivity index (χ3v) is 12.0. The largest absolute Gasteiger partial charge is 0.455 e. The van der Waals surface area contributed by atoms with Crippen molar-refractivity contribution in [3.63, 3.8) is 0 Å². The molecule has 0 fully saturated rings. The van der Waals surface area contributed by atoms with Crippen LogP contribution in [0.1, 0.15) is 5.56 Å². The van der Waals surface area contributed by atoms with Gasteiger partial charge in [-0.15, -0.1) is 5.73 Å². The second-order valence-electron chi connectivity index (χ2n) is 16.0. The topological polar surface area (TPSA) is 64.2 Å². The maximum Gasteiger partial charge on any atom is 0.164 e. The molecule has 5 nitrogen and oxygen atoms in total. The number of benzene rings is 9. The first-order chi connectivity index (χ1) is 31.7. The summed E-state index contributed by atoms with van der Waals surface area (Å²) in [6.07, 6.45) is 2.03. The second kappa shape index (κ2) is 15.6. The van der Waals surface area contributed by atoms with E-state index in [9.17, 15) is 0 Å². The first-order valence-electron chi connectivity index (χ1n) is 21.4. The predicted molar refractivity (Wildman–Crippen MR) is 260 cm³/mol. The zero-order valence-corrected chi connectivity index (χ0v) is 34.5. The minimum absolute atomic E-state index is 0.626. The van der Waals surface area contributed by atoms with Crippen LogP contribution in [0.15, 0.2) is 222 Å². The molecule has 1 aliphatic heterocycles. The number of para-hydroxylation sites is 1. The third kappa shape index (κ3) is 6.89. The molecule has 64 heavy (non-hydrogen) atoms. The zero-order chi connectivity index (χ0) is 42.4. The normalized spacial score (nSPS) is 11.7. The van der Waals surface area contributed by atoms with Gasteiger partial charge in [0.1, 0.15) is 5.58 Å². The van der Waals surface area contributed by atoms with E-state index < -0.39 is 0 Å². The highest BCUT2D eigenvalue weighted by atomic mass is 16.3. The summed E-state index contributed by atoms with van der Waals surface area (Å²) in [7, 11) is 0. The van der Waals surface area contributed by atoms with Crippen molar-refractivity contribution in [3.05, 3.63) is 228 Å². The number of hydrogen-bond acceptors (Lipinski definition) is 5. The van der Waals surface area contributed by atoms with Crippen LogP contribution in [0.25, 0.3) is 112 Å². The van der Waals surface area contributed by atoms with Crippen molar-refractivity contribution >= 4 is 39.4 Å². The molecule has 12 rings (SSSR count). The lowest BCUT2D eigenvalue weighted by Crippen LogP contribution is -2.23. The van der Waals surface area contributed by atoms with Gasteiger partial charge in [-0.3, -0.25) is 0 Å². The predicted octanol–water partition coefficient (Wildman–Crippen LogP) is 13.8. The lowest BCUT2D eigenvalue weighted by Gasteiger charge is -2.11. The molecule has 2 aromatic heterocycles. The molecule has 0 spiro atoms. The zero-order valence-electron chi connectivity index (χ0n) is 34.5. The quantitative estimate of drug-likeness (QED) is 0.161. The van der Waals surface area contributed by atoms with Crippen molar-refractivity contribution in [2.24, 2.45) is 4.99 Å². The number of furan rings is 1. The fourth-order valence-corrected chi connectivity index (χ4v) is 8.60. The van der Waals surface area contributed by atoms with Gasteiger partial charge >= 0.3 is 0 Å². The van der Waals surface area contributed by atoms with Crippen molar-refractivity contribution in [2.75, 3.05) is 0 Å². The van der Waals surface area contributed by atoms with Crippen LogP contribution in [0, 0.1) is 0 Å². The molecule has 0 atom stereocenters. The average Bonchev–Trinajstić information content (AvgIpc) is 3.65. The second-order valence-corrected chi connectivity index (χ2v) is 16.0. The van der Waals surface area contributed by atoms with Gasteiger partial charge in [0.15, 0.2) is 23.1 Å². The SMILES string of the molecule is C1=Cc2cc(-c3cccc(-c4cccc(-c5ccc(-c6nc(-c7ccccc7)nc(-c7ccc(-c8ccccc8)cc7)n6)cc5)c4)c3)ccc2N=c2ccc3c(oc4ccccc43)c2=1. The van der Waals surface area contributed by atoms with Crippen LogP contribution in [0.3, 0.4) is 0 Å². The smallest absolute Gasteiger partial charge is 0.164 e. The monoisotopic (exact) mass is 816 g/mol. The lowest BCUT2D eigenvalue weighted by molar-refractivity contribution is 0.665. The molecule has 0 unspecified atom stereocenters. The van der Waals surface area contributed by atoms with Crippen LogP contribution < -0.4 is 10.6 Å². The molecule has 0 saturated carbocycles. The van der Waals surface area contributed by atoms with E-state index in [2.05, 4.69) is 163 Å². The summed E-state index contributed by atoms with van der Waals surface area (Å²) in [4.78, 5) is 20.0. The molecule has 11 aromatic rings. The Balaban J connectivity index is 0.837. The molecule has 5 heteroatoms. The highest BCUT2D eigenvalue weighted by Crippen LogP contribution is 2.34. The third-order valence-electron chi connectivity index (χ3n) is 12.0. The van der Waals surface area contributed by atoms with Crippen LogP contribution in [-0.2, 0) is 0 Å². The van der Waals surface area contributed by atoms with Crippen molar-refractivity contribution < 1.29 is 4.42 Å². The van der Waals surface area contributed by atoms with Crippen molar-refractivity contribution in [1.29, 1.82) is 0 Å². The number of fused-ring (bicyclic) bond motifs is 6. The Morgan fingerprint density at radius 3 is 1.42 bits per heavy atom. The van der Waals surface area contributed by atoms with Crippen LogP contribution in [0.5, 0.6) is 0 Å². The van der Waals surface area contributed by atoms with E-state index in [0.717, 1.165) is 99.4 Å². The summed E-state index contributed by atoms with van der Waals surface area (Å²) in [5.74, 6) is 1.90. The maximum atomic E-state index is 6.31. The van der Waals surface area contributed by atoms with Gasteiger partial charge in [0, 0.05) is 33.0 Å². The van der Waals surface area contributed by atoms with Gasteiger partial charge in [-0.1, -0.05) is 170 Å². The highest BCUT2D eigenvalue weighted by molar-refractivity contribution is 6.05. The molecule has 3 heterocycles. The summed E-state index contributed by atoms with van der Waals surface area (Å²) < 4.78 is 6.31. The molecule has 0 bridgehead atoms. The van der Waals surface area contributed by atoms with Gasteiger partial charge in [0.25, 0.3) is 0 Å². The fraction of sp³-hybridized carbons (Fsp3) is 0. The van der Waals surface area contributed by atoms with Crippen LogP contribution in [0.4, 0.5) is 5.69 Å². The van der Waals surface area contributed by atoms with Gasteiger partial charge in [-0.25, -0.2) is 19.9 Å². The van der Waals surface area contributed by atoms with E-state index in [-0.39, 0.29) is 0 Å². The van der Waals surface area contributed by atoms with E-state index >= 15 is 0 Å². The van der Waals surface area contributed by atoms with Crippen molar-refractivity contribution in [2.45, 2.75) is 0 Å². The summed E-state index contributed by atoms with van der Waals surface area (Å²) in [6, 6.07) is 73.6. The van der Waals surface area contributed by atoms with Gasteiger partial charge in [-0.05, 0) is 93.0 Å². The summed E-state index contributed by atoms with van der Waals surface area (Å²) in [5.41, 5.74) is 19.0. The minimum atomic E-state index is 0.626. The lowest BCUT2D eigenvalue weighted by atomic mass is 9.95. The fourth-order valence-electron chi connectivity index (χ4n) is 8.60. The standard InChI is InChI=1S/C59H36N4O/c1-3-11-38(12-4-1)39-21-25-42(26-22-39)58-61-57(41-13-5-2-6-14-41)62-59(63-58)43-27-23-40(24-28-43)44-15-9-16-45(35-44)46-17-10-18-47(36-46)48-30-33-53-49(37-48)29-31-52-54(60-53)34-32-51-50-19-7-8-20-55(50)64-56(51)52/h1-30,32-37H.